The fourth-order valence-corrected chi connectivity index (χ4v) is 3.47. The van der Waals surface area contributed by atoms with Gasteiger partial charge in [-0.3, -0.25) is 24.6 Å². The van der Waals surface area contributed by atoms with Crippen molar-refractivity contribution in [1.82, 2.24) is 4.90 Å². The minimum absolute atomic E-state index is 0.0375. The van der Waals surface area contributed by atoms with Gasteiger partial charge in [0.05, 0.1) is 23.5 Å². The van der Waals surface area contributed by atoms with Crippen molar-refractivity contribution >= 4 is 34.7 Å². The maximum Gasteiger partial charge on any atom is 0.311 e. The molecule has 0 radical (unpaired) electrons. The van der Waals surface area contributed by atoms with Gasteiger partial charge in [-0.15, -0.1) is 0 Å². The number of ether oxygens (including phenoxy) is 2. The summed E-state index contributed by atoms with van der Waals surface area (Å²) in [7, 11) is 1.51. The van der Waals surface area contributed by atoms with Gasteiger partial charge in [-0.1, -0.05) is 18.2 Å². The van der Waals surface area contributed by atoms with E-state index < -0.39 is 27.5 Å². The first-order chi connectivity index (χ1) is 13.9. The second-order valence-corrected chi connectivity index (χ2v) is 6.83. The molecule has 1 saturated heterocycles. The molecule has 150 valence electrons. The van der Waals surface area contributed by atoms with Crippen LogP contribution in [0.1, 0.15) is 5.56 Å². The summed E-state index contributed by atoms with van der Waals surface area (Å²) in [5, 5.41) is 20.0. The van der Waals surface area contributed by atoms with Crippen molar-refractivity contribution in [3.63, 3.8) is 0 Å². The zero-order valence-corrected chi connectivity index (χ0v) is 16.0. The van der Waals surface area contributed by atoms with Crippen LogP contribution in [0, 0.1) is 10.1 Å². The number of nitro benzene ring substituents is 1. The molecule has 0 unspecified atom stereocenters. The van der Waals surface area contributed by atoms with E-state index in [0.717, 1.165) is 28.8 Å². The van der Waals surface area contributed by atoms with Crippen LogP contribution in [0.25, 0.3) is 6.08 Å². The molecule has 1 fully saturated rings. The van der Waals surface area contributed by atoms with Gasteiger partial charge >= 0.3 is 5.69 Å². The number of nitro groups is 1. The Morgan fingerprint density at radius 1 is 1.21 bits per heavy atom. The Hall–Kier alpha value is -3.53. The van der Waals surface area contributed by atoms with E-state index in [1.807, 2.05) is 0 Å². The summed E-state index contributed by atoms with van der Waals surface area (Å²) in [5.74, 6) is 0.0393. The first kappa shape index (κ1) is 20.2. The highest BCUT2D eigenvalue weighted by Crippen LogP contribution is 2.34. The number of rotatable bonds is 7. The van der Waals surface area contributed by atoms with Crippen LogP contribution < -0.4 is 9.47 Å². The van der Waals surface area contributed by atoms with Gasteiger partial charge in [0, 0.05) is 6.07 Å². The molecule has 0 aromatic heterocycles. The molecule has 1 aliphatic heterocycles. The highest BCUT2D eigenvalue weighted by Gasteiger charge is 2.35. The lowest BCUT2D eigenvalue weighted by Crippen LogP contribution is -2.32. The molecule has 2 aromatic carbocycles. The molecule has 1 N–H and O–H groups in total. The van der Waals surface area contributed by atoms with Crippen LogP contribution in [0.5, 0.6) is 17.2 Å². The van der Waals surface area contributed by atoms with E-state index in [-0.39, 0.29) is 18.1 Å². The van der Waals surface area contributed by atoms with Crippen molar-refractivity contribution in [2.24, 2.45) is 0 Å². The number of carbonyl (C=O) groups is 2. The molecule has 0 aliphatic carbocycles. The minimum Gasteiger partial charge on any atom is -0.502 e. The van der Waals surface area contributed by atoms with Gasteiger partial charge in [0.2, 0.25) is 0 Å². The number of phenolic OH excluding ortho intramolecular Hbond substituents is 1. The third kappa shape index (κ3) is 4.49. The van der Waals surface area contributed by atoms with Crippen LogP contribution in [-0.4, -0.2) is 46.3 Å². The smallest absolute Gasteiger partial charge is 0.311 e. The third-order valence-electron chi connectivity index (χ3n) is 4.01. The van der Waals surface area contributed by atoms with Crippen LogP contribution in [-0.2, 0) is 4.79 Å². The molecule has 0 atom stereocenters. The fourth-order valence-electron chi connectivity index (χ4n) is 2.61. The second-order valence-electron chi connectivity index (χ2n) is 5.84. The highest BCUT2D eigenvalue weighted by atomic mass is 32.2. The van der Waals surface area contributed by atoms with Crippen LogP contribution in [0.15, 0.2) is 47.4 Å². The molecular formula is C19H16N2O7S. The second kappa shape index (κ2) is 8.65. The lowest BCUT2D eigenvalue weighted by Gasteiger charge is -2.14. The highest BCUT2D eigenvalue weighted by molar-refractivity contribution is 8.18. The van der Waals surface area contributed by atoms with Crippen LogP contribution in [0.3, 0.4) is 0 Å². The van der Waals surface area contributed by atoms with Gasteiger partial charge in [-0.05, 0) is 41.6 Å². The molecule has 0 spiro atoms. The first-order valence-electron chi connectivity index (χ1n) is 8.39. The summed E-state index contributed by atoms with van der Waals surface area (Å²) >= 11 is 0.735. The van der Waals surface area contributed by atoms with Crippen LogP contribution >= 0.6 is 11.8 Å². The SMILES string of the molecule is COc1ccccc1OCCN1C(=O)S/C(=C\c2ccc(O)c([N+](=O)[O-])c2)C1=O. The lowest BCUT2D eigenvalue weighted by molar-refractivity contribution is -0.385. The number of hydrogen-bond acceptors (Lipinski definition) is 8. The normalized spacial score (nSPS) is 15.1. The van der Waals surface area contributed by atoms with Gasteiger partial charge in [0.15, 0.2) is 17.2 Å². The van der Waals surface area contributed by atoms with E-state index in [2.05, 4.69) is 0 Å². The van der Waals surface area contributed by atoms with E-state index in [0.29, 0.717) is 17.1 Å². The largest absolute Gasteiger partial charge is 0.502 e. The number of amides is 2. The Morgan fingerprint density at radius 3 is 2.62 bits per heavy atom. The van der Waals surface area contributed by atoms with E-state index >= 15 is 0 Å². The number of hydrogen-bond donors (Lipinski definition) is 1. The number of methoxy groups -OCH3 is 1. The number of aromatic hydroxyl groups is 1. The Kier molecular flexibility index (Phi) is 6.03. The van der Waals surface area contributed by atoms with Gasteiger partial charge in [0.1, 0.15) is 6.61 Å². The number of benzene rings is 2. The van der Waals surface area contributed by atoms with Crippen molar-refractivity contribution in [2.75, 3.05) is 20.3 Å². The van der Waals surface area contributed by atoms with Crippen molar-refractivity contribution in [1.29, 1.82) is 0 Å². The van der Waals surface area contributed by atoms with Crippen molar-refractivity contribution < 1.29 is 29.1 Å². The van der Waals surface area contributed by atoms with Crippen LogP contribution in [0.4, 0.5) is 10.5 Å². The third-order valence-corrected chi connectivity index (χ3v) is 4.92. The summed E-state index contributed by atoms with van der Waals surface area (Å²) in [6.07, 6.45) is 1.37. The summed E-state index contributed by atoms with van der Waals surface area (Å²) in [5.41, 5.74) is -0.159. The Bertz CT molecular complexity index is 1010. The predicted octanol–water partition coefficient (Wildman–Crippen LogP) is 3.42. The van der Waals surface area contributed by atoms with Crippen molar-refractivity contribution in [3.05, 3.63) is 63.0 Å². The van der Waals surface area contributed by atoms with Crippen molar-refractivity contribution in [2.45, 2.75) is 0 Å². The molecule has 3 rings (SSSR count). The molecule has 0 saturated carbocycles. The number of thioether (sulfide) groups is 1. The average molecular weight is 416 g/mol. The molecule has 9 nitrogen and oxygen atoms in total. The van der Waals surface area contributed by atoms with Crippen molar-refractivity contribution in [3.8, 4) is 17.2 Å². The predicted molar refractivity (Wildman–Crippen MR) is 106 cm³/mol. The Balaban J connectivity index is 1.69. The lowest BCUT2D eigenvalue weighted by atomic mass is 10.1. The van der Waals surface area contributed by atoms with E-state index in [1.54, 1.807) is 24.3 Å². The summed E-state index contributed by atoms with van der Waals surface area (Å²) in [4.78, 5) is 36.1. The zero-order valence-electron chi connectivity index (χ0n) is 15.2. The van der Waals surface area contributed by atoms with E-state index in [9.17, 15) is 24.8 Å². The quantitative estimate of drug-likeness (QED) is 0.414. The first-order valence-corrected chi connectivity index (χ1v) is 9.21. The topological polar surface area (TPSA) is 119 Å². The van der Waals surface area contributed by atoms with Gasteiger partial charge in [-0.25, -0.2) is 0 Å². The minimum atomic E-state index is -0.729. The number of imide groups is 1. The maximum absolute atomic E-state index is 12.5. The Morgan fingerprint density at radius 2 is 1.93 bits per heavy atom. The molecule has 2 aromatic rings. The van der Waals surface area contributed by atoms with Gasteiger partial charge < -0.3 is 14.6 Å². The summed E-state index contributed by atoms with van der Waals surface area (Å²) in [6.45, 7) is 0.117. The van der Waals surface area contributed by atoms with Gasteiger partial charge in [-0.2, -0.15) is 0 Å². The molecule has 29 heavy (non-hydrogen) atoms. The van der Waals surface area contributed by atoms with Gasteiger partial charge in [0.25, 0.3) is 11.1 Å². The molecule has 0 bridgehead atoms. The average Bonchev–Trinajstić information content (AvgIpc) is 2.96. The molecule has 2 amide bonds. The summed E-state index contributed by atoms with van der Waals surface area (Å²) < 4.78 is 10.8. The Labute approximate surface area is 169 Å². The number of phenols is 1. The number of para-hydroxylation sites is 2. The van der Waals surface area contributed by atoms with E-state index in [4.69, 9.17) is 9.47 Å². The van der Waals surface area contributed by atoms with Crippen LogP contribution in [0.2, 0.25) is 0 Å². The molecule has 10 heteroatoms. The van der Waals surface area contributed by atoms with E-state index in [1.165, 1.54) is 19.3 Å². The molecule has 1 aliphatic rings. The monoisotopic (exact) mass is 416 g/mol. The number of nitrogens with zero attached hydrogens (tertiary/aromatic N) is 2. The fraction of sp³-hybridized carbons (Fsp3) is 0.158. The molecular weight excluding hydrogens is 400 g/mol. The maximum atomic E-state index is 12.5. The molecule has 1 heterocycles. The number of carbonyl (C=O) groups excluding carboxylic acids is 2. The standard InChI is InChI=1S/C19H16N2O7S/c1-27-15-4-2-3-5-16(15)28-9-8-20-18(23)17(29-19(20)24)11-12-6-7-14(22)13(10-12)21(25)26/h2-7,10-11,22H,8-9H2,1H3/b17-11-. The summed E-state index contributed by atoms with van der Waals surface area (Å²) in [6, 6.07) is 10.7. The zero-order chi connectivity index (χ0) is 21.0.